The van der Waals surface area contributed by atoms with Gasteiger partial charge in [0.15, 0.2) is 4.80 Å². The fraction of sp³-hybridized carbons (Fsp3) is 0.304. The number of thiazole rings is 1. The number of aromatic nitrogens is 1. The summed E-state index contributed by atoms with van der Waals surface area (Å²) in [6.45, 7) is 2.71. The Hall–Kier alpha value is -3.46. The lowest BCUT2D eigenvalue weighted by atomic mass is 10.2. The number of carbonyl (C=O) groups excluding carboxylic acids is 3. The summed E-state index contributed by atoms with van der Waals surface area (Å²) in [6.07, 6.45) is 1.27. The first-order valence-corrected chi connectivity index (χ1v) is 11.1. The summed E-state index contributed by atoms with van der Waals surface area (Å²) in [4.78, 5) is 42.9. The molecular formula is C23H23N3O5S. The Labute approximate surface area is 188 Å². The molecule has 0 bridgehead atoms. The number of fused-ring (bicyclic) bond motifs is 1. The molecule has 0 aliphatic carbocycles. The second kappa shape index (κ2) is 8.96. The lowest BCUT2D eigenvalue weighted by molar-refractivity contribution is -0.121. The fourth-order valence-corrected chi connectivity index (χ4v) is 4.90. The largest absolute Gasteiger partial charge is 0.495 e. The molecule has 0 atom stereocenters. The third-order valence-electron chi connectivity index (χ3n) is 5.26. The molecule has 0 unspecified atom stereocenters. The van der Waals surface area contributed by atoms with Crippen LogP contribution in [0.15, 0.2) is 41.4 Å². The summed E-state index contributed by atoms with van der Waals surface area (Å²) in [5.74, 6) is 0.502. The molecule has 1 aromatic heterocycles. The minimum atomic E-state index is -0.412. The molecule has 1 aliphatic rings. The molecule has 0 N–H and O–H groups in total. The maximum atomic E-state index is 12.9. The minimum Gasteiger partial charge on any atom is -0.495 e. The summed E-state index contributed by atoms with van der Waals surface area (Å²) in [7, 11) is 3.21. The summed E-state index contributed by atoms with van der Waals surface area (Å²) < 4.78 is 13.9. The van der Waals surface area contributed by atoms with Crippen LogP contribution in [-0.4, -0.2) is 36.5 Å². The van der Waals surface area contributed by atoms with Gasteiger partial charge in [0.1, 0.15) is 21.7 Å². The quantitative estimate of drug-likeness (QED) is 0.533. The molecule has 166 valence electrons. The lowest BCUT2D eigenvalue weighted by Gasteiger charge is -2.13. The van der Waals surface area contributed by atoms with E-state index >= 15 is 0 Å². The van der Waals surface area contributed by atoms with Crippen LogP contribution in [0, 0.1) is 0 Å². The van der Waals surface area contributed by atoms with Crippen molar-refractivity contribution in [2.75, 3.05) is 19.1 Å². The van der Waals surface area contributed by atoms with Crippen LogP contribution in [-0.2, 0) is 16.1 Å². The average molecular weight is 454 g/mol. The zero-order valence-electron chi connectivity index (χ0n) is 18.1. The lowest BCUT2D eigenvalue weighted by Crippen LogP contribution is -2.28. The molecule has 9 heteroatoms. The highest BCUT2D eigenvalue weighted by Crippen LogP contribution is 2.35. The van der Waals surface area contributed by atoms with Gasteiger partial charge in [-0.1, -0.05) is 18.3 Å². The van der Waals surface area contributed by atoms with E-state index in [2.05, 4.69) is 11.9 Å². The van der Waals surface area contributed by atoms with E-state index in [1.165, 1.54) is 11.3 Å². The zero-order valence-corrected chi connectivity index (χ0v) is 18.9. The molecule has 2 aromatic carbocycles. The van der Waals surface area contributed by atoms with Crippen molar-refractivity contribution < 1.29 is 23.9 Å². The topological polar surface area (TPSA) is 90.2 Å². The Bertz CT molecular complexity index is 1260. The Morgan fingerprint density at radius 3 is 2.22 bits per heavy atom. The normalized spacial score (nSPS) is 14.5. The van der Waals surface area contributed by atoms with Crippen LogP contribution in [0.5, 0.6) is 11.5 Å². The predicted molar refractivity (Wildman–Crippen MR) is 121 cm³/mol. The number of rotatable bonds is 6. The number of anilines is 1. The number of amides is 3. The summed E-state index contributed by atoms with van der Waals surface area (Å²) in [6, 6.07) is 10.0. The molecule has 3 amide bonds. The highest BCUT2D eigenvalue weighted by atomic mass is 32.1. The summed E-state index contributed by atoms with van der Waals surface area (Å²) in [5, 5.41) is 0. The highest BCUT2D eigenvalue weighted by molar-refractivity contribution is 7.16. The number of hydrogen-bond donors (Lipinski definition) is 0. The van der Waals surface area contributed by atoms with E-state index in [9.17, 15) is 14.4 Å². The molecule has 1 fully saturated rings. The third-order valence-corrected chi connectivity index (χ3v) is 6.35. The molecule has 8 nitrogen and oxygen atoms in total. The molecule has 1 saturated heterocycles. The van der Waals surface area contributed by atoms with Crippen molar-refractivity contribution in [3.05, 3.63) is 46.8 Å². The SMILES string of the molecule is CCCn1c(=NC(=O)c2ccc(N3C(=O)CCC3=O)cc2)sc2c(OC)ccc(OC)c21. The number of methoxy groups -OCH3 is 2. The Kier molecular flexibility index (Phi) is 6.09. The van der Waals surface area contributed by atoms with Crippen molar-refractivity contribution in [3.8, 4) is 11.5 Å². The van der Waals surface area contributed by atoms with Gasteiger partial charge in [0, 0.05) is 24.9 Å². The Morgan fingerprint density at radius 1 is 1.00 bits per heavy atom. The maximum absolute atomic E-state index is 12.9. The van der Waals surface area contributed by atoms with Gasteiger partial charge in [0.05, 0.1) is 19.9 Å². The number of aryl methyl sites for hydroxylation is 1. The fourth-order valence-electron chi connectivity index (χ4n) is 3.74. The third kappa shape index (κ3) is 3.80. The molecule has 3 aromatic rings. The summed E-state index contributed by atoms with van der Waals surface area (Å²) >= 11 is 1.36. The molecule has 0 spiro atoms. The molecule has 1 aliphatic heterocycles. The van der Waals surface area contributed by atoms with Crippen molar-refractivity contribution in [1.29, 1.82) is 0 Å². The van der Waals surface area contributed by atoms with Gasteiger partial charge in [-0.25, -0.2) is 0 Å². The number of ether oxygens (including phenoxy) is 2. The van der Waals surface area contributed by atoms with Crippen LogP contribution in [0.1, 0.15) is 36.5 Å². The second-order valence-corrected chi connectivity index (χ2v) is 8.25. The highest BCUT2D eigenvalue weighted by Gasteiger charge is 2.30. The van der Waals surface area contributed by atoms with E-state index < -0.39 is 5.91 Å². The smallest absolute Gasteiger partial charge is 0.279 e. The summed E-state index contributed by atoms with van der Waals surface area (Å²) in [5.41, 5.74) is 1.67. The molecule has 4 rings (SSSR count). The predicted octanol–water partition coefficient (Wildman–Crippen LogP) is 3.52. The van der Waals surface area contributed by atoms with E-state index in [1.54, 1.807) is 38.5 Å². The van der Waals surface area contributed by atoms with Crippen LogP contribution in [0.2, 0.25) is 0 Å². The number of carbonyl (C=O) groups is 3. The molecule has 0 saturated carbocycles. The molecular weight excluding hydrogens is 430 g/mol. The van der Waals surface area contributed by atoms with Crippen molar-refractivity contribution in [2.45, 2.75) is 32.7 Å². The number of benzene rings is 2. The van der Waals surface area contributed by atoms with Crippen molar-refractivity contribution >= 4 is 45.0 Å². The van der Waals surface area contributed by atoms with Crippen LogP contribution >= 0.6 is 11.3 Å². The molecule has 0 radical (unpaired) electrons. The minimum absolute atomic E-state index is 0.213. The Morgan fingerprint density at radius 2 is 1.62 bits per heavy atom. The van der Waals surface area contributed by atoms with Crippen LogP contribution in [0.4, 0.5) is 5.69 Å². The zero-order chi connectivity index (χ0) is 22.8. The first kappa shape index (κ1) is 21.8. The van der Waals surface area contributed by atoms with Gasteiger partial charge in [-0.3, -0.25) is 19.3 Å². The van der Waals surface area contributed by atoms with E-state index in [1.807, 2.05) is 16.7 Å². The molecule has 32 heavy (non-hydrogen) atoms. The average Bonchev–Trinajstić information content (AvgIpc) is 3.33. The van der Waals surface area contributed by atoms with E-state index in [4.69, 9.17) is 9.47 Å². The van der Waals surface area contributed by atoms with Gasteiger partial charge in [-0.2, -0.15) is 4.99 Å². The monoisotopic (exact) mass is 453 g/mol. The van der Waals surface area contributed by atoms with E-state index in [0.29, 0.717) is 34.1 Å². The number of imide groups is 1. The van der Waals surface area contributed by atoms with Crippen LogP contribution in [0.25, 0.3) is 10.2 Å². The van der Waals surface area contributed by atoms with Gasteiger partial charge in [0.2, 0.25) is 11.8 Å². The number of nitrogens with zero attached hydrogens (tertiary/aromatic N) is 3. The van der Waals surface area contributed by atoms with E-state index in [-0.39, 0.29) is 24.7 Å². The van der Waals surface area contributed by atoms with Crippen LogP contribution in [0.3, 0.4) is 0 Å². The van der Waals surface area contributed by atoms with Gasteiger partial charge < -0.3 is 14.0 Å². The van der Waals surface area contributed by atoms with Gasteiger partial charge in [0.25, 0.3) is 5.91 Å². The van der Waals surface area contributed by atoms with Gasteiger partial charge in [-0.05, 0) is 42.8 Å². The maximum Gasteiger partial charge on any atom is 0.279 e. The van der Waals surface area contributed by atoms with Crippen LogP contribution < -0.4 is 19.2 Å². The van der Waals surface area contributed by atoms with Crippen molar-refractivity contribution in [2.24, 2.45) is 4.99 Å². The van der Waals surface area contributed by atoms with Gasteiger partial charge in [-0.15, -0.1) is 0 Å². The Balaban J connectivity index is 1.75. The van der Waals surface area contributed by atoms with E-state index in [0.717, 1.165) is 21.5 Å². The standard InChI is InChI=1S/C23H23N3O5S/c1-4-13-25-20-16(30-2)9-10-17(31-3)21(20)32-23(25)24-22(29)14-5-7-15(8-6-14)26-18(27)11-12-19(26)28/h5-10H,4,11-13H2,1-3H3. The first-order chi connectivity index (χ1) is 15.5. The molecule has 2 heterocycles. The van der Waals surface area contributed by atoms with Crippen molar-refractivity contribution in [3.63, 3.8) is 0 Å². The number of hydrogen-bond acceptors (Lipinski definition) is 6. The van der Waals surface area contributed by atoms with Crippen molar-refractivity contribution in [1.82, 2.24) is 4.57 Å². The first-order valence-electron chi connectivity index (χ1n) is 10.3. The van der Waals surface area contributed by atoms with Gasteiger partial charge >= 0.3 is 0 Å². The second-order valence-electron chi connectivity index (χ2n) is 7.27.